The number of carbonyl (C=O) groups excluding carboxylic acids is 8. The van der Waals surface area contributed by atoms with Crippen LogP contribution in [0.25, 0.3) is 33.4 Å². The standard InChI is InChI=1S/C95H126N18O20/c1-56-14-10-9-11-15-57(2)76(125-7)46-69-22-17-61(6)95(124,133-69)85(119)89(121)112-28-13-12-16-72(112)90(122)130-77(47-73(114)58(3)41-60(5)83(117)84(118)82(116)59(4)40-56)70(96)43-62-19-23-75(78(44-62)126-8)132-94(123)104-50-64-48-100-92(101-49-64)109-30-32-110(33-31-109)93-102-51-68(52-103-93)88(120)99-27-35-128-37-39-129-38-36-127-34-26-79(115)111-29-25-65-42-63(18-20-67(65)54-111)53-113-87-80(86(97)105-55-106-87)81(108-113)66-21-24-74-71(45-66)107-91(98)131-74/h9-11,14-15,18,20-21,24,41-42,45,48-49,51-52,55-56,58-59,61-62,69-70,72,75-78,83-84,117-118,124H,12-13,16-17,19,22-23,25-40,43-44,46-47,50,53-54,96H2,1-8H3,(H2,98,107)(H,99,120)(H,104,123)(H2,97,105,106)/b11-9+,14-10+,57-15+,60-41+/t56-,58-,59-,61-,62+,69+,70-,72+,75-,76+,77+,78-,83-,84+,95-/m1/s1. The number of cyclic esters (lactones) is 1. The Morgan fingerprint density at radius 2 is 1.44 bits per heavy atom. The van der Waals surface area contributed by atoms with E-state index in [1.54, 1.807) is 46.3 Å². The van der Waals surface area contributed by atoms with Crippen molar-refractivity contribution in [2.24, 2.45) is 35.3 Å². The van der Waals surface area contributed by atoms with Crippen LogP contribution in [0.2, 0.25) is 0 Å². The summed E-state index contributed by atoms with van der Waals surface area (Å²) in [7, 11) is 3.06. The molecule has 38 heteroatoms. The number of aliphatic hydroxyl groups is 3. The number of alkyl carbamates (subject to hydrolysis) is 1. The Hall–Kier alpha value is -11.5. The smallest absolute Gasteiger partial charge is 0.407 e. The number of fused-ring (bicyclic) bond motifs is 6. The zero-order valence-electron chi connectivity index (χ0n) is 76.9. The molecule has 0 radical (unpaired) electrons. The van der Waals surface area contributed by atoms with Crippen LogP contribution in [0.4, 0.5) is 28.5 Å². The van der Waals surface area contributed by atoms with Crippen LogP contribution in [0.1, 0.15) is 158 Å². The largest absolute Gasteiger partial charge is 0.459 e. The zero-order valence-corrected chi connectivity index (χ0v) is 76.9. The zero-order chi connectivity index (χ0) is 94.6. The molecule has 4 fully saturated rings. The van der Waals surface area contributed by atoms with Crippen LogP contribution in [0, 0.1) is 29.6 Å². The number of rotatable bonds is 26. The Morgan fingerprint density at radius 3 is 2.17 bits per heavy atom. The third kappa shape index (κ3) is 25.5. The number of nitrogens with one attached hydrogen (secondary N) is 2. The number of methoxy groups -OCH3 is 2. The van der Waals surface area contributed by atoms with Gasteiger partial charge in [-0.2, -0.15) is 10.1 Å². The van der Waals surface area contributed by atoms with Gasteiger partial charge in [0.05, 0.1) is 81.9 Å². The molecule has 13 rings (SSSR count). The van der Waals surface area contributed by atoms with Gasteiger partial charge < -0.3 is 105 Å². The van der Waals surface area contributed by atoms with Crippen molar-refractivity contribution < 1.29 is 96.0 Å². The van der Waals surface area contributed by atoms with E-state index in [-0.39, 0.29) is 93.8 Å². The Morgan fingerprint density at radius 1 is 0.714 bits per heavy atom. The van der Waals surface area contributed by atoms with Crippen LogP contribution in [-0.2, 0) is 92.7 Å². The summed E-state index contributed by atoms with van der Waals surface area (Å²) in [6.07, 6.45) is 15.0. The first kappa shape index (κ1) is 99.0. The summed E-state index contributed by atoms with van der Waals surface area (Å²) < 4.78 is 54.6. The molecule has 7 aromatic rings. The van der Waals surface area contributed by atoms with E-state index >= 15 is 0 Å². The minimum Gasteiger partial charge on any atom is -0.459 e. The molecule has 5 aliphatic heterocycles. The summed E-state index contributed by atoms with van der Waals surface area (Å²) in [5.41, 5.74) is 27.6. The number of ketones is 3. The molecule has 0 spiro atoms. The van der Waals surface area contributed by atoms with Crippen molar-refractivity contribution in [3.05, 3.63) is 143 Å². The van der Waals surface area contributed by atoms with Crippen molar-refractivity contribution in [1.29, 1.82) is 0 Å². The number of nitrogens with zero attached hydrogens (tertiary/aromatic N) is 13. The van der Waals surface area contributed by atoms with Gasteiger partial charge in [0, 0.05) is 146 Å². The second kappa shape index (κ2) is 46.5. The highest BCUT2D eigenvalue weighted by Crippen LogP contribution is 2.40. The van der Waals surface area contributed by atoms with E-state index in [0.29, 0.717) is 187 Å². The highest BCUT2D eigenvalue weighted by Gasteiger charge is 2.53. The van der Waals surface area contributed by atoms with Gasteiger partial charge in [0.25, 0.3) is 23.6 Å². The molecule has 11 N–H and O–H groups in total. The fourth-order valence-corrected chi connectivity index (χ4v) is 18.2. The molecule has 6 aliphatic rings. The molecule has 2 bridgehead atoms. The average molecular weight is 1840 g/mol. The summed E-state index contributed by atoms with van der Waals surface area (Å²) in [6, 6.07) is 9.58. The summed E-state index contributed by atoms with van der Waals surface area (Å²) >= 11 is 0. The quantitative estimate of drug-likeness (QED) is 0.0117. The van der Waals surface area contributed by atoms with Gasteiger partial charge in [0.15, 0.2) is 17.0 Å². The third-order valence-electron chi connectivity index (χ3n) is 26.0. The van der Waals surface area contributed by atoms with Crippen LogP contribution < -0.4 is 37.6 Å². The van der Waals surface area contributed by atoms with Gasteiger partial charge in [-0.15, -0.1) is 0 Å². The van der Waals surface area contributed by atoms with E-state index in [0.717, 1.165) is 27.2 Å². The number of nitrogen functional groups attached to an aromatic ring is 2. The van der Waals surface area contributed by atoms with Crippen LogP contribution >= 0.6 is 0 Å². The number of hydrogen-bond donors (Lipinski definition) is 8. The van der Waals surface area contributed by atoms with Crippen molar-refractivity contribution in [2.45, 2.75) is 212 Å². The van der Waals surface area contributed by atoms with Gasteiger partial charge >= 0.3 is 12.1 Å². The lowest BCUT2D eigenvalue weighted by molar-refractivity contribution is -0.265. The summed E-state index contributed by atoms with van der Waals surface area (Å²) in [5, 5.41) is 45.9. The van der Waals surface area contributed by atoms with Gasteiger partial charge in [-0.3, -0.25) is 28.8 Å². The average Bonchev–Trinajstić information content (AvgIpc) is 1.66. The first-order valence-electron chi connectivity index (χ1n) is 46.0. The number of aromatic nitrogens is 9. The Bertz CT molecular complexity index is 5330. The Balaban J connectivity index is 0.505. The summed E-state index contributed by atoms with van der Waals surface area (Å²) in [4.78, 5) is 150. The topological polar surface area (TPSA) is 507 Å². The molecule has 1 aliphatic carbocycles. The lowest BCUT2D eigenvalue weighted by atomic mass is 9.80. The Labute approximate surface area is 772 Å². The van der Waals surface area contributed by atoms with Crippen LogP contribution in [0.15, 0.2) is 120 Å². The van der Waals surface area contributed by atoms with Gasteiger partial charge in [-0.25, -0.2) is 44.2 Å². The lowest BCUT2D eigenvalue weighted by Crippen LogP contribution is -2.61. The van der Waals surface area contributed by atoms with Crippen molar-refractivity contribution in [3.63, 3.8) is 0 Å². The van der Waals surface area contributed by atoms with E-state index in [2.05, 4.69) is 57.7 Å². The number of piperazine rings is 1. The fraction of sp³-hybridized carbons (Fsp3) is 0.558. The molecule has 5 aromatic heterocycles. The molecular weight excluding hydrogens is 1710 g/mol. The number of esters is 1. The van der Waals surface area contributed by atoms with Crippen molar-refractivity contribution >= 4 is 93.0 Å². The number of Topliss-reactive ketones (excluding diaryl/α,β-unsaturated/α-hetero) is 3. The second-order valence-electron chi connectivity index (χ2n) is 35.6. The minimum absolute atomic E-state index is 0.0115. The Kier molecular flexibility index (Phi) is 34.6. The monoisotopic (exact) mass is 1840 g/mol. The molecule has 1 saturated carbocycles. The van der Waals surface area contributed by atoms with Crippen molar-refractivity contribution in [1.82, 2.24) is 65.1 Å². The minimum atomic E-state index is -2.52. The molecule has 2 aromatic carbocycles. The van der Waals surface area contributed by atoms with Gasteiger partial charge in [0.1, 0.15) is 59.6 Å². The van der Waals surface area contributed by atoms with Gasteiger partial charge in [0.2, 0.25) is 23.6 Å². The van der Waals surface area contributed by atoms with E-state index in [1.807, 2.05) is 81.8 Å². The van der Waals surface area contributed by atoms with E-state index in [1.165, 1.54) is 44.4 Å². The normalized spacial score (nSPS) is 26.9. The van der Waals surface area contributed by atoms with Crippen molar-refractivity contribution in [3.8, 4) is 11.3 Å². The molecule has 716 valence electrons. The van der Waals surface area contributed by atoms with Crippen LogP contribution in [0.3, 0.4) is 0 Å². The number of benzene rings is 2. The molecule has 15 atom stereocenters. The molecular formula is C95H126N18O20. The molecule has 38 nitrogen and oxygen atoms in total. The summed E-state index contributed by atoms with van der Waals surface area (Å²) in [6.45, 7) is 16.1. The predicted molar refractivity (Wildman–Crippen MR) is 490 cm³/mol. The highest BCUT2D eigenvalue weighted by molar-refractivity contribution is 6.39. The number of piperidine rings is 1. The molecule has 133 heavy (non-hydrogen) atoms. The van der Waals surface area contributed by atoms with Gasteiger partial charge in [-0.05, 0) is 142 Å². The van der Waals surface area contributed by atoms with Crippen LogP contribution in [-0.4, -0.2) is 277 Å². The molecule has 3 saturated heterocycles. The highest BCUT2D eigenvalue weighted by atomic mass is 16.6. The number of ether oxygens (including phenoxy) is 8. The number of aliphatic hydroxyl groups excluding tert-OH is 2. The lowest BCUT2D eigenvalue weighted by Gasteiger charge is -2.42. The number of amides is 4. The number of allylic oxidation sites excluding steroid dienone is 6. The number of oxazole rings is 1. The maximum atomic E-state index is 14.7. The maximum Gasteiger partial charge on any atom is 0.407 e. The van der Waals surface area contributed by atoms with Crippen molar-refractivity contribution in [2.75, 3.05) is 121 Å². The number of nitrogens with two attached hydrogens (primary N) is 3. The number of carbonyl (C=O) groups is 8. The van der Waals surface area contributed by atoms with Gasteiger partial charge in [-0.1, -0.05) is 82.4 Å². The molecule has 10 heterocycles. The molecule has 0 unspecified atom stereocenters. The third-order valence-corrected chi connectivity index (χ3v) is 26.0. The molecule has 4 amide bonds. The maximum absolute atomic E-state index is 14.7. The fourth-order valence-electron chi connectivity index (χ4n) is 18.2. The SMILES string of the molecule is CO[C@H]1C[C@@H]2CC[C@@H](C)[C@@](O)(O2)C(=O)C(=O)N2CCCC[C@H]2C(=O)O[C@H]([C@H](N)C[C@@H]2CC[C@@H](OC(=O)NCc3cnc(N4CCN(c5ncc(C(=O)NCCOCCOCCOCCC(=O)N6CCc7cc(Cn8nc(-c9ccc%10oc(N)nc%10c9)c9c(N)ncnc98)ccc7C6)cn5)CC4)nc3)[C@H](OC)C2)CC(=O)[C@H](C)/C=C(\C)[C@@H](O)[C@@H](O)C(=O)[C@H](C)C[C@H](C)/C=C/C=C/C=C/1C. The van der Waals surface area contributed by atoms with E-state index < -0.39 is 120 Å². The number of anilines is 4. The predicted octanol–water partition coefficient (Wildman–Crippen LogP) is 6.97. The van der Waals surface area contributed by atoms with E-state index in [9.17, 15) is 53.7 Å². The first-order chi connectivity index (χ1) is 64.0. The summed E-state index contributed by atoms with van der Waals surface area (Å²) in [5.74, 6) is -8.46. The van der Waals surface area contributed by atoms with Crippen LogP contribution in [0.5, 0.6) is 0 Å². The van der Waals surface area contributed by atoms with E-state index in [4.69, 9.17) is 64.6 Å². The number of hydrogen-bond acceptors (Lipinski definition) is 33. The first-order valence-corrected chi connectivity index (χ1v) is 46.0. The second-order valence-corrected chi connectivity index (χ2v) is 35.6.